The summed E-state index contributed by atoms with van der Waals surface area (Å²) in [6.45, 7) is 5.50. The molecule has 1 N–H and O–H groups in total. The highest BCUT2D eigenvalue weighted by molar-refractivity contribution is 5.73. The van der Waals surface area contributed by atoms with E-state index in [1.54, 1.807) is 6.92 Å². The van der Waals surface area contributed by atoms with Crippen LogP contribution in [0.1, 0.15) is 25.3 Å². The maximum Gasteiger partial charge on any atom is 0.219 e. The Labute approximate surface area is 103 Å². The SMILES string of the molecule is CC(=O)N1CCC(Nc2cccc(C)c2)CC1. The summed E-state index contributed by atoms with van der Waals surface area (Å²) < 4.78 is 0. The van der Waals surface area contributed by atoms with Crippen LogP contribution < -0.4 is 5.32 Å². The number of likely N-dealkylation sites (tertiary alicyclic amines) is 1. The van der Waals surface area contributed by atoms with Crippen molar-refractivity contribution >= 4 is 11.6 Å². The van der Waals surface area contributed by atoms with Gasteiger partial charge in [0.1, 0.15) is 0 Å². The van der Waals surface area contributed by atoms with Crippen LogP contribution in [0.25, 0.3) is 0 Å². The second kappa shape index (κ2) is 5.21. The van der Waals surface area contributed by atoms with Crippen LogP contribution >= 0.6 is 0 Å². The van der Waals surface area contributed by atoms with Crippen LogP contribution in [0.5, 0.6) is 0 Å². The van der Waals surface area contributed by atoms with E-state index in [-0.39, 0.29) is 5.91 Å². The molecule has 1 saturated heterocycles. The third kappa shape index (κ3) is 3.22. The molecular weight excluding hydrogens is 212 g/mol. The van der Waals surface area contributed by atoms with Gasteiger partial charge in [-0.25, -0.2) is 0 Å². The lowest BCUT2D eigenvalue weighted by atomic mass is 10.0. The number of aryl methyl sites for hydroxylation is 1. The van der Waals surface area contributed by atoms with Gasteiger partial charge in [0.05, 0.1) is 0 Å². The molecule has 0 saturated carbocycles. The van der Waals surface area contributed by atoms with E-state index in [9.17, 15) is 4.79 Å². The Hall–Kier alpha value is -1.51. The number of benzene rings is 1. The predicted molar refractivity (Wildman–Crippen MR) is 70.1 cm³/mol. The molecule has 1 aliphatic rings. The van der Waals surface area contributed by atoms with Crippen LogP contribution in [-0.4, -0.2) is 29.9 Å². The molecule has 92 valence electrons. The van der Waals surface area contributed by atoms with Crippen molar-refractivity contribution in [2.24, 2.45) is 0 Å². The fourth-order valence-electron chi connectivity index (χ4n) is 2.31. The molecule has 1 aliphatic heterocycles. The van der Waals surface area contributed by atoms with Crippen molar-refractivity contribution in [2.45, 2.75) is 32.7 Å². The Kier molecular flexibility index (Phi) is 3.67. The van der Waals surface area contributed by atoms with Crippen LogP contribution in [-0.2, 0) is 4.79 Å². The van der Waals surface area contributed by atoms with Crippen LogP contribution in [0, 0.1) is 6.92 Å². The lowest BCUT2D eigenvalue weighted by Gasteiger charge is -2.32. The minimum Gasteiger partial charge on any atom is -0.382 e. The fraction of sp³-hybridized carbons (Fsp3) is 0.500. The minimum atomic E-state index is 0.194. The number of nitrogens with zero attached hydrogens (tertiary/aromatic N) is 1. The molecule has 0 unspecified atom stereocenters. The third-order valence-corrected chi connectivity index (χ3v) is 3.33. The Bertz CT molecular complexity index is 395. The van der Waals surface area contributed by atoms with Gasteiger partial charge in [0.25, 0.3) is 0 Å². The average molecular weight is 232 g/mol. The first-order chi connectivity index (χ1) is 8.15. The van der Waals surface area contributed by atoms with Gasteiger partial charge in [-0.15, -0.1) is 0 Å². The number of anilines is 1. The molecule has 0 aliphatic carbocycles. The summed E-state index contributed by atoms with van der Waals surface area (Å²) in [5.74, 6) is 0.194. The number of amides is 1. The molecule has 17 heavy (non-hydrogen) atoms. The van der Waals surface area contributed by atoms with Gasteiger partial charge in [0, 0.05) is 31.7 Å². The number of hydrogen-bond acceptors (Lipinski definition) is 2. The zero-order valence-corrected chi connectivity index (χ0v) is 10.6. The van der Waals surface area contributed by atoms with Crippen LogP contribution in [0.3, 0.4) is 0 Å². The number of carbonyl (C=O) groups excluding carboxylic acids is 1. The topological polar surface area (TPSA) is 32.3 Å². The molecule has 1 amide bonds. The Balaban J connectivity index is 1.88. The van der Waals surface area contributed by atoms with Crippen LogP contribution in [0.4, 0.5) is 5.69 Å². The van der Waals surface area contributed by atoms with Crippen molar-refractivity contribution < 1.29 is 4.79 Å². The fourth-order valence-corrected chi connectivity index (χ4v) is 2.31. The number of piperidine rings is 1. The molecule has 0 atom stereocenters. The number of rotatable bonds is 2. The highest BCUT2D eigenvalue weighted by Gasteiger charge is 2.20. The van der Waals surface area contributed by atoms with Gasteiger partial charge < -0.3 is 10.2 Å². The van der Waals surface area contributed by atoms with E-state index < -0.39 is 0 Å². The van der Waals surface area contributed by atoms with Crippen molar-refractivity contribution in [3.05, 3.63) is 29.8 Å². The monoisotopic (exact) mass is 232 g/mol. The van der Waals surface area contributed by atoms with E-state index in [1.165, 1.54) is 11.3 Å². The minimum absolute atomic E-state index is 0.194. The maximum atomic E-state index is 11.2. The van der Waals surface area contributed by atoms with E-state index in [0.717, 1.165) is 25.9 Å². The normalized spacial score (nSPS) is 16.9. The van der Waals surface area contributed by atoms with Crippen LogP contribution in [0.2, 0.25) is 0 Å². The Morgan fingerprint density at radius 1 is 1.35 bits per heavy atom. The molecule has 3 nitrogen and oxygen atoms in total. The lowest BCUT2D eigenvalue weighted by Crippen LogP contribution is -2.41. The highest BCUT2D eigenvalue weighted by Crippen LogP contribution is 2.17. The summed E-state index contributed by atoms with van der Waals surface area (Å²) in [6.07, 6.45) is 2.07. The van der Waals surface area contributed by atoms with Crippen LogP contribution in [0.15, 0.2) is 24.3 Å². The molecule has 1 aromatic rings. The molecule has 2 rings (SSSR count). The molecule has 1 fully saturated rings. The molecule has 0 aromatic heterocycles. The van der Waals surface area contributed by atoms with Gasteiger partial charge in [0.2, 0.25) is 5.91 Å². The predicted octanol–water partition coefficient (Wildman–Crippen LogP) is 2.42. The molecule has 1 aromatic carbocycles. The van der Waals surface area contributed by atoms with Gasteiger partial charge in [-0.2, -0.15) is 0 Å². The second-order valence-electron chi connectivity index (χ2n) is 4.79. The van der Waals surface area contributed by atoms with Crippen molar-refractivity contribution in [2.75, 3.05) is 18.4 Å². The zero-order chi connectivity index (χ0) is 12.3. The van der Waals surface area contributed by atoms with E-state index >= 15 is 0 Å². The van der Waals surface area contributed by atoms with Crippen molar-refractivity contribution in [1.82, 2.24) is 4.90 Å². The second-order valence-corrected chi connectivity index (χ2v) is 4.79. The first-order valence-electron chi connectivity index (χ1n) is 6.24. The smallest absolute Gasteiger partial charge is 0.219 e. The quantitative estimate of drug-likeness (QED) is 0.849. The molecular formula is C14H20N2O. The summed E-state index contributed by atoms with van der Waals surface area (Å²) >= 11 is 0. The van der Waals surface area contributed by atoms with E-state index in [4.69, 9.17) is 0 Å². The third-order valence-electron chi connectivity index (χ3n) is 3.33. The van der Waals surface area contributed by atoms with Crippen molar-refractivity contribution in [3.63, 3.8) is 0 Å². The van der Waals surface area contributed by atoms with Gasteiger partial charge in [0.15, 0.2) is 0 Å². The Morgan fingerprint density at radius 2 is 2.06 bits per heavy atom. The molecule has 3 heteroatoms. The van der Waals surface area contributed by atoms with Gasteiger partial charge >= 0.3 is 0 Å². The van der Waals surface area contributed by atoms with E-state index in [0.29, 0.717) is 6.04 Å². The largest absolute Gasteiger partial charge is 0.382 e. The number of carbonyl (C=O) groups is 1. The summed E-state index contributed by atoms with van der Waals surface area (Å²) in [7, 11) is 0. The maximum absolute atomic E-state index is 11.2. The highest BCUT2D eigenvalue weighted by atomic mass is 16.2. The summed E-state index contributed by atoms with van der Waals surface area (Å²) in [4.78, 5) is 13.1. The first-order valence-corrected chi connectivity index (χ1v) is 6.24. The van der Waals surface area contributed by atoms with Gasteiger partial charge in [-0.05, 0) is 37.5 Å². The zero-order valence-electron chi connectivity index (χ0n) is 10.6. The van der Waals surface area contributed by atoms with Crippen molar-refractivity contribution in [3.8, 4) is 0 Å². The van der Waals surface area contributed by atoms with E-state index in [2.05, 4.69) is 36.5 Å². The van der Waals surface area contributed by atoms with Gasteiger partial charge in [-0.1, -0.05) is 12.1 Å². The molecule has 1 heterocycles. The summed E-state index contributed by atoms with van der Waals surface area (Å²) in [6, 6.07) is 8.93. The molecule has 0 bridgehead atoms. The van der Waals surface area contributed by atoms with Crippen molar-refractivity contribution in [1.29, 1.82) is 0 Å². The number of nitrogens with one attached hydrogen (secondary N) is 1. The van der Waals surface area contributed by atoms with Gasteiger partial charge in [-0.3, -0.25) is 4.79 Å². The summed E-state index contributed by atoms with van der Waals surface area (Å²) in [5, 5.41) is 3.54. The molecule has 0 spiro atoms. The Morgan fingerprint density at radius 3 is 2.65 bits per heavy atom. The first kappa shape index (κ1) is 12.0. The lowest BCUT2D eigenvalue weighted by molar-refractivity contribution is -0.129. The average Bonchev–Trinajstić information content (AvgIpc) is 2.29. The standard InChI is InChI=1S/C14H20N2O/c1-11-4-3-5-14(10-11)15-13-6-8-16(9-7-13)12(2)17/h3-5,10,13,15H,6-9H2,1-2H3. The number of hydrogen-bond donors (Lipinski definition) is 1. The van der Waals surface area contributed by atoms with E-state index in [1.807, 2.05) is 4.90 Å². The summed E-state index contributed by atoms with van der Waals surface area (Å²) in [5.41, 5.74) is 2.46. The molecule has 0 radical (unpaired) electrons.